The van der Waals surface area contributed by atoms with Crippen molar-refractivity contribution in [2.45, 2.75) is 32.3 Å². The Morgan fingerprint density at radius 3 is 2.66 bits per heavy atom. The van der Waals surface area contributed by atoms with Gasteiger partial charge in [-0.3, -0.25) is 4.79 Å². The second kappa shape index (κ2) is 7.87. The zero-order chi connectivity index (χ0) is 20.5. The van der Waals surface area contributed by atoms with E-state index in [-0.39, 0.29) is 23.7 Å². The van der Waals surface area contributed by atoms with Gasteiger partial charge in [0, 0.05) is 33.7 Å². The van der Waals surface area contributed by atoms with Crippen molar-refractivity contribution in [3.63, 3.8) is 0 Å². The Hall–Kier alpha value is -2.86. The topological polar surface area (TPSA) is 47.6 Å². The fraction of sp³-hybridized carbons (Fsp3) is 0.261. The molecule has 1 amide bonds. The van der Waals surface area contributed by atoms with E-state index in [1.807, 2.05) is 37.4 Å². The largest absolute Gasteiger partial charge is 0.493 e. The number of thiophene rings is 1. The summed E-state index contributed by atoms with van der Waals surface area (Å²) in [5.41, 5.74) is 2.87. The molecular weight excluding hydrogens is 389 g/mol. The van der Waals surface area contributed by atoms with E-state index < -0.39 is 0 Å². The number of ether oxygens (including phenoxy) is 2. The molecule has 1 aliphatic rings. The molecule has 150 valence electrons. The van der Waals surface area contributed by atoms with Crippen molar-refractivity contribution in [3.8, 4) is 22.6 Å². The molecule has 0 spiro atoms. The Kier molecular flexibility index (Phi) is 5.28. The minimum atomic E-state index is -0.304. The third-order valence-electron chi connectivity index (χ3n) is 4.91. The van der Waals surface area contributed by atoms with Crippen molar-refractivity contribution < 1.29 is 18.7 Å². The minimum Gasteiger partial charge on any atom is -0.493 e. The third kappa shape index (κ3) is 3.72. The molecule has 0 saturated heterocycles. The summed E-state index contributed by atoms with van der Waals surface area (Å²) in [6, 6.07) is 12.4. The summed E-state index contributed by atoms with van der Waals surface area (Å²) in [6.45, 7) is 3.92. The molecule has 0 aliphatic carbocycles. The highest BCUT2D eigenvalue weighted by atomic mass is 32.1. The molecule has 1 N–H and O–H groups in total. The number of hydrogen-bond donors (Lipinski definition) is 1. The quantitative estimate of drug-likeness (QED) is 0.575. The molecule has 3 aromatic rings. The summed E-state index contributed by atoms with van der Waals surface area (Å²) in [6.07, 6.45) is 0.361. The smallest absolute Gasteiger partial charge is 0.225 e. The highest BCUT2D eigenvalue weighted by Gasteiger charge is 2.31. The van der Waals surface area contributed by atoms with Crippen LogP contribution in [0.3, 0.4) is 0 Å². The van der Waals surface area contributed by atoms with Gasteiger partial charge in [-0.1, -0.05) is 24.3 Å². The van der Waals surface area contributed by atoms with E-state index in [4.69, 9.17) is 9.47 Å². The van der Waals surface area contributed by atoms with Crippen molar-refractivity contribution in [2.24, 2.45) is 0 Å². The van der Waals surface area contributed by atoms with Crippen LogP contribution in [0.2, 0.25) is 0 Å². The van der Waals surface area contributed by atoms with Gasteiger partial charge >= 0.3 is 0 Å². The number of methoxy groups -OCH3 is 1. The summed E-state index contributed by atoms with van der Waals surface area (Å²) in [5.74, 6) is 0.798. The van der Waals surface area contributed by atoms with E-state index in [1.54, 1.807) is 25.3 Å². The van der Waals surface area contributed by atoms with E-state index >= 15 is 0 Å². The Morgan fingerprint density at radius 2 is 1.93 bits per heavy atom. The zero-order valence-electron chi connectivity index (χ0n) is 16.5. The lowest BCUT2D eigenvalue weighted by Gasteiger charge is -2.25. The van der Waals surface area contributed by atoms with Crippen molar-refractivity contribution >= 4 is 22.9 Å². The Labute approximate surface area is 173 Å². The van der Waals surface area contributed by atoms with Gasteiger partial charge in [0.15, 0.2) is 11.5 Å². The number of halogens is 1. The van der Waals surface area contributed by atoms with Crippen molar-refractivity contribution in [2.75, 3.05) is 12.4 Å². The van der Waals surface area contributed by atoms with Gasteiger partial charge in [-0.05, 0) is 37.6 Å². The minimum absolute atomic E-state index is 0.0300. The number of hydrogen-bond acceptors (Lipinski definition) is 4. The fourth-order valence-electron chi connectivity index (χ4n) is 3.63. The van der Waals surface area contributed by atoms with Crippen LogP contribution in [0.5, 0.6) is 11.5 Å². The highest BCUT2D eigenvalue weighted by Crippen LogP contribution is 2.48. The summed E-state index contributed by atoms with van der Waals surface area (Å²) in [5, 5.41) is 4.86. The number of carbonyl (C=O) groups excluding carboxylic acids is 1. The molecule has 0 bridgehead atoms. The van der Waals surface area contributed by atoms with Crippen LogP contribution < -0.4 is 14.8 Å². The molecule has 29 heavy (non-hydrogen) atoms. The number of anilines is 1. The first-order valence-electron chi connectivity index (χ1n) is 9.48. The molecule has 0 fully saturated rings. The maximum Gasteiger partial charge on any atom is 0.225 e. The van der Waals surface area contributed by atoms with Crippen LogP contribution in [0.4, 0.5) is 10.1 Å². The normalized spacial score (nSPS) is 15.8. The molecule has 4 rings (SSSR count). The molecule has 0 unspecified atom stereocenters. The monoisotopic (exact) mass is 411 g/mol. The van der Waals surface area contributed by atoms with Crippen LogP contribution in [0, 0.1) is 5.82 Å². The van der Waals surface area contributed by atoms with Gasteiger partial charge in [0.05, 0.1) is 18.9 Å². The molecule has 4 nitrogen and oxygen atoms in total. The lowest BCUT2D eigenvalue weighted by molar-refractivity contribution is -0.116. The average Bonchev–Trinajstić information content (AvgIpc) is 3.11. The molecule has 2 aromatic carbocycles. The zero-order valence-corrected chi connectivity index (χ0v) is 17.3. The van der Waals surface area contributed by atoms with E-state index in [0.29, 0.717) is 34.7 Å². The van der Waals surface area contributed by atoms with Gasteiger partial charge in [-0.25, -0.2) is 4.39 Å². The molecule has 1 aromatic heterocycles. The van der Waals surface area contributed by atoms with E-state index in [0.717, 1.165) is 10.4 Å². The van der Waals surface area contributed by atoms with Crippen LogP contribution in [0.15, 0.2) is 47.8 Å². The van der Waals surface area contributed by atoms with Gasteiger partial charge < -0.3 is 14.8 Å². The number of nitrogens with one attached hydrogen (secondary N) is 1. The number of amides is 1. The van der Waals surface area contributed by atoms with Gasteiger partial charge in [0.25, 0.3) is 0 Å². The maximum absolute atomic E-state index is 14.3. The van der Waals surface area contributed by atoms with Crippen molar-refractivity contribution in [1.29, 1.82) is 0 Å². The molecular formula is C23H22FNO3S. The Morgan fingerprint density at radius 1 is 1.14 bits per heavy atom. The highest BCUT2D eigenvalue weighted by molar-refractivity contribution is 7.11. The fourth-order valence-corrected chi connectivity index (χ4v) is 4.78. The first-order chi connectivity index (χ1) is 14.0. The number of benzene rings is 2. The van der Waals surface area contributed by atoms with Crippen LogP contribution in [-0.2, 0) is 4.79 Å². The molecule has 2 heterocycles. The summed E-state index contributed by atoms with van der Waals surface area (Å²) >= 11 is 1.54. The Balaban J connectivity index is 1.77. The summed E-state index contributed by atoms with van der Waals surface area (Å²) in [7, 11) is 1.60. The third-order valence-corrected chi connectivity index (χ3v) is 6.00. The Bertz CT molecular complexity index is 1060. The van der Waals surface area contributed by atoms with E-state index in [9.17, 15) is 9.18 Å². The molecule has 1 atom stereocenters. The van der Waals surface area contributed by atoms with E-state index in [1.165, 1.54) is 17.4 Å². The number of rotatable bonds is 5. The first-order valence-corrected chi connectivity index (χ1v) is 10.4. The van der Waals surface area contributed by atoms with Crippen LogP contribution in [0.25, 0.3) is 11.1 Å². The van der Waals surface area contributed by atoms with Crippen molar-refractivity contribution in [3.05, 3.63) is 64.1 Å². The van der Waals surface area contributed by atoms with Gasteiger partial charge in [0.2, 0.25) is 5.91 Å². The van der Waals surface area contributed by atoms with Gasteiger partial charge in [-0.15, -0.1) is 11.3 Å². The predicted octanol–water partition coefficient (Wildman–Crippen LogP) is 5.82. The lowest BCUT2D eigenvalue weighted by atomic mass is 9.89. The van der Waals surface area contributed by atoms with Gasteiger partial charge in [0.1, 0.15) is 5.82 Å². The van der Waals surface area contributed by atoms with Crippen molar-refractivity contribution in [1.82, 2.24) is 0 Å². The van der Waals surface area contributed by atoms with Crippen LogP contribution in [0.1, 0.15) is 36.6 Å². The summed E-state index contributed by atoms with van der Waals surface area (Å²) < 4.78 is 25.7. The van der Waals surface area contributed by atoms with E-state index in [2.05, 4.69) is 5.32 Å². The van der Waals surface area contributed by atoms with Gasteiger partial charge in [-0.2, -0.15) is 0 Å². The van der Waals surface area contributed by atoms with Crippen LogP contribution >= 0.6 is 11.3 Å². The second-order valence-corrected chi connectivity index (χ2v) is 8.16. The molecule has 1 aliphatic heterocycles. The standard InChI is InChI=1S/C23H22FNO3S/c1-13(2)28-19-9-8-14(10-20(19)27-3)16-11-21(26)25-22-17(12-29-23(16)22)15-6-4-5-7-18(15)24/h4-10,12-13,16H,11H2,1-3H3,(H,25,26)/t16-/m0/s1. The second-order valence-electron chi connectivity index (χ2n) is 7.25. The average molecular weight is 411 g/mol. The summed E-state index contributed by atoms with van der Waals surface area (Å²) in [4.78, 5) is 13.5. The molecule has 0 saturated carbocycles. The maximum atomic E-state index is 14.3. The number of fused-ring (bicyclic) bond motifs is 1. The molecule has 6 heteroatoms. The predicted molar refractivity (Wildman–Crippen MR) is 114 cm³/mol. The van der Waals surface area contributed by atoms with Crippen LogP contribution in [-0.4, -0.2) is 19.1 Å². The SMILES string of the molecule is COc1cc([C@@H]2CC(=O)Nc3c(-c4ccccc4F)csc32)ccc1OC(C)C. The first kappa shape index (κ1) is 19.5. The number of carbonyl (C=O) groups is 1. The lowest BCUT2D eigenvalue weighted by Crippen LogP contribution is -2.22. The molecule has 0 radical (unpaired) electrons.